The Labute approximate surface area is 98.7 Å². The van der Waals surface area contributed by atoms with E-state index in [0.717, 1.165) is 22.6 Å². The SMILES string of the molecule is NNc1ccc(-c2cn3ccccc3n2)cc1. The van der Waals surface area contributed by atoms with Gasteiger partial charge in [0.25, 0.3) is 0 Å². The number of aromatic nitrogens is 2. The number of rotatable bonds is 2. The molecule has 0 bridgehead atoms. The molecule has 1 aromatic carbocycles. The normalized spacial score (nSPS) is 10.6. The number of benzene rings is 1. The van der Waals surface area contributed by atoms with E-state index >= 15 is 0 Å². The van der Waals surface area contributed by atoms with Crippen LogP contribution in [0.1, 0.15) is 0 Å². The second-order valence-corrected chi connectivity index (χ2v) is 3.81. The first-order chi connectivity index (χ1) is 8.36. The van der Waals surface area contributed by atoms with Crippen LogP contribution in [0, 0.1) is 0 Å². The van der Waals surface area contributed by atoms with E-state index in [-0.39, 0.29) is 0 Å². The largest absolute Gasteiger partial charge is 0.324 e. The van der Waals surface area contributed by atoms with E-state index in [9.17, 15) is 0 Å². The molecule has 3 aromatic rings. The third-order valence-electron chi connectivity index (χ3n) is 2.71. The van der Waals surface area contributed by atoms with Gasteiger partial charge in [-0.3, -0.25) is 5.84 Å². The van der Waals surface area contributed by atoms with Gasteiger partial charge in [-0.2, -0.15) is 0 Å². The maximum Gasteiger partial charge on any atom is 0.137 e. The van der Waals surface area contributed by atoms with Gasteiger partial charge in [-0.15, -0.1) is 0 Å². The van der Waals surface area contributed by atoms with E-state index in [1.165, 1.54) is 0 Å². The summed E-state index contributed by atoms with van der Waals surface area (Å²) in [5, 5.41) is 0. The van der Waals surface area contributed by atoms with Crippen molar-refractivity contribution in [2.75, 3.05) is 5.43 Å². The Kier molecular flexibility index (Phi) is 2.27. The highest BCUT2D eigenvalue weighted by Gasteiger charge is 2.03. The van der Waals surface area contributed by atoms with Crippen LogP contribution in [0.5, 0.6) is 0 Å². The number of pyridine rings is 1. The Balaban J connectivity index is 2.07. The van der Waals surface area contributed by atoms with Gasteiger partial charge >= 0.3 is 0 Å². The smallest absolute Gasteiger partial charge is 0.137 e. The molecule has 4 heteroatoms. The van der Waals surface area contributed by atoms with Gasteiger partial charge in [0.2, 0.25) is 0 Å². The Morgan fingerprint density at radius 2 is 1.88 bits per heavy atom. The lowest BCUT2D eigenvalue weighted by Crippen LogP contribution is -2.05. The van der Waals surface area contributed by atoms with Crippen molar-refractivity contribution < 1.29 is 0 Å². The standard InChI is InChI=1S/C13H12N4/c14-16-11-6-4-10(5-7-11)12-9-17-8-2-1-3-13(17)15-12/h1-9,16H,14H2. The molecule has 0 amide bonds. The number of nitrogen functional groups attached to an aromatic ring is 1. The van der Waals surface area contributed by atoms with Crippen molar-refractivity contribution in [1.82, 2.24) is 9.38 Å². The monoisotopic (exact) mass is 224 g/mol. The molecule has 0 atom stereocenters. The third-order valence-corrected chi connectivity index (χ3v) is 2.71. The minimum Gasteiger partial charge on any atom is -0.324 e. The van der Waals surface area contributed by atoms with Crippen LogP contribution in [0.25, 0.3) is 16.9 Å². The summed E-state index contributed by atoms with van der Waals surface area (Å²) in [6, 6.07) is 13.8. The second-order valence-electron chi connectivity index (χ2n) is 3.81. The molecule has 0 aliphatic carbocycles. The molecule has 0 spiro atoms. The number of hydrogen-bond donors (Lipinski definition) is 2. The molecule has 0 unspecified atom stereocenters. The minimum absolute atomic E-state index is 0.887. The van der Waals surface area contributed by atoms with Gasteiger partial charge in [-0.1, -0.05) is 18.2 Å². The molecule has 0 saturated carbocycles. The molecule has 0 saturated heterocycles. The number of nitrogens with one attached hydrogen (secondary N) is 1. The van der Waals surface area contributed by atoms with Crippen LogP contribution >= 0.6 is 0 Å². The van der Waals surface area contributed by atoms with Crippen LogP contribution in [0.2, 0.25) is 0 Å². The molecule has 0 fully saturated rings. The molecular formula is C13H12N4. The van der Waals surface area contributed by atoms with Crippen molar-refractivity contribution in [3.63, 3.8) is 0 Å². The molecule has 3 N–H and O–H groups in total. The van der Waals surface area contributed by atoms with Crippen molar-refractivity contribution in [1.29, 1.82) is 0 Å². The number of nitrogens with two attached hydrogens (primary N) is 1. The molecule has 0 aliphatic rings. The van der Waals surface area contributed by atoms with E-state index in [1.54, 1.807) is 0 Å². The molecular weight excluding hydrogens is 212 g/mol. The van der Waals surface area contributed by atoms with Gasteiger partial charge in [-0.05, 0) is 24.3 Å². The van der Waals surface area contributed by atoms with Gasteiger partial charge in [-0.25, -0.2) is 4.98 Å². The van der Waals surface area contributed by atoms with Gasteiger partial charge < -0.3 is 9.83 Å². The quantitative estimate of drug-likeness (QED) is 0.518. The number of imidazole rings is 1. The fraction of sp³-hybridized carbons (Fsp3) is 0. The fourth-order valence-electron chi connectivity index (χ4n) is 1.81. The number of hydrogen-bond acceptors (Lipinski definition) is 3. The fourth-order valence-corrected chi connectivity index (χ4v) is 1.81. The molecule has 4 nitrogen and oxygen atoms in total. The summed E-state index contributed by atoms with van der Waals surface area (Å²) in [7, 11) is 0. The van der Waals surface area contributed by atoms with Crippen LogP contribution in [-0.2, 0) is 0 Å². The van der Waals surface area contributed by atoms with Crippen LogP contribution < -0.4 is 11.3 Å². The minimum atomic E-state index is 0.887. The molecule has 17 heavy (non-hydrogen) atoms. The number of hydrazine groups is 1. The highest BCUT2D eigenvalue weighted by atomic mass is 15.2. The van der Waals surface area contributed by atoms with Gasteiger partial charge in [0.15, 0.2) is 0 Å². The zero-order valence-corrected chi connectivity index (χ0v) is 9.17. The first-order valence-electron chi connectivity index (χ1n) is 5.37. The number of fused-ring (bicyclic) bond motifs is 1. The Morgan fingerprint density at radius 1 is 1.06 bits per heavy atom. The predicted octanol–water partition coefficient (Wildman–Crippen LogP) is 2.29. The molecule has 2 aromatic heterocycles. The second kappa shape index (κ2) is 3.92. The summed E-state index contributed by atoms with van der Waals surface area (Å²) in [4.78, 5) is 4.55. The Morgan fingerprint density at radius 3 is 2.59 bits per heavy atom. The summed E-state index contributed by atoms with van der Waals surface area (Å²) in [6.07, 6.45) is 4.00. The van der Waals surface area contributed by atoms with E-state index < -0.39 is 0 Å². The van der Waals surface area contributed by atoms with Crippen molar-refractivity contribution in [2.24, 2.45) is 5.84 Å². The molecule has 84 valence electrons. The van der Waals surface area contributed by atoms with Crippen molar-refractivity contribution in [3.05, 3.63) is 54.9 Å². The summed E-state index contributed by atoms with van der Waals surface area (Å²) < 4.78 is 2.00. The van der Waals surface area contributed by atoms with Gasteiger partial charge in [0.05, 0.1) is 5.69 Å². The molecule has 0 aliphatic heterocycles. The topological polar surface area (TPSA) is 55.3 Å². The average molecular weight is 224 g/mol. The number of anilines is 1. The summed E-state index contributed by atoms with van der Waals surface area (Å²) in [5.41, 5.74) is 6.48. The zero-order valence-electron chi connectivity index (χ0n) is 9.17. The lowest BCUT2D eigenvalue weighted by atomic mass is 10.1. The van der Waals surface area contributed by atoms with E-state index in [4.69, 9.17) is 5.84 Å². The first-order valence-corrected chi connectivity index (χ1v) is 5.37. The Bertz CT molecular complexity index is 607. The summed E-state index contributed by atoms with van der Waals surface area (Å²) in [5.74, 6) is 5.33. The summed E-state index contributed by atoms with van der Waals surface area (Å²) >= 11 is 0. The Hall–Kier alpha value is -2.33. The van der Waals surface area contributed by atoms with E-state index in [2.05, 4.69) is 10.4 Å². The van der Waals surface area contributed by atoms with E-state index in [1.807, 2.05) is 59.3 Å². The summed E-state index contributed by atoms with van der Waals surface area (Å²) in [6.45, 7) is 0. The van der Waals surface area contributed by atoms with Crippen molar-refractivity contribution in [2.45, 2.75) is 0 Å². The highest BCUT2D eigenvalue weighted by Crippen LogP contribution is 2.20. The third kappa shape index (κ3) is 1.74. The molecule has 3 rings (SSSR count). The van der Waals surface area contributed by atoms with Crippen LogP contribution in [-0.4, -0.2) is 9.38 Å². The van der Waals surface area contributed by atoms with Crippen LogP contribution in [0.15, 0.2) is 54.9 Å². The molecule has 2 heterocycles. The van der Waals surface area contributed by atoms with Crippen LogP contribution in [0.4, 0.5) is 5.69 Å². The van der Waals surface area contributed by atoms with Crippen molar-refractivity contribution in [3.8, 4) is 11.3 Å². The molecule has 0 radical (unpaired) electrons. The average Bonchev–Trinajstić information content (AvgIpc) is 2.82. The predicted molar refractivity (Wildman–Crippen MR) is 68.4 cm³/mol. The van der Waals surface area contributed by atoms with Gasteiger partial charge in [0, 0.05) is 23.6 Å². The zero-order chi connectivity index (χ0) is 11.7. The van der Waals surface area contributed by atoms with Gasteiger partial charge in [0.1, 0.15) is 5.65 Å². The van der Waals surface area contributed by atoms with Crippen LogP contribution in [0.3, 0.4) is 0 Å². The maximum atomic E-state index is 5.33. The van der Waals surface area contributed by atoms with Crippen molar-refractivity contribution >= 4 is 11.3 Å². The van der Waals surface area contributed by atoms with E-state index in [0.29, 0.717) is 0 Å². The number of nitrogens with zero attached hydrogens (tertiary/aromatic N) is 2. The first kappa shape index (κ1) is 9.86. The lowest BCUT2D eigenvalue weighted by molar-refractivity contribution is 1.19. The maximum absolute atomic E-state index is 5.33. The highest BCUT2D eigenvalue weighted by molar-refractivity contribution is 5.64. The lowest BCUT2D eigenvalue weighted by Gasteiger charge is -2.00.